The molecule has 6 nitrogen and oxygen atoms in total. The number of halogens is 1. The van der Waals surface area contributed by atoms with Crippen molar-refractivity contribution in [1.82, 2.24) is 30.0 Å². The van der Waals surface area contributed by atoms with Gasteiger partial charge in [-0.25, -0.2) is 0 Å². The quantitative estimate of drug-likeness (QED) is 0.624. The molecule has 0 fully saturated rings. The van der Waals surface area contributed by atoms with Gasteiger partial charge in [0.1, 0.15) is 0 Å². The highest BCUT2D eigenvalue weighted by atomic mass is 35.5. The Hall–Kier alpha value is -2.25. The number of fused-ring (bicyclic) bond motifs is 1. The molecule has 4 rings (SSSR count). The molecule has 3 heterocycles. The lowest BCUT2D eigenvalue weighted by Crippen LogP contribution is -1.93. The molecule has 0 amide bonds. The van der Waals surface area contributed by atoms with Crippen LogP contribution in [-0.4, -0.2) is 30.0 Å². The first-order valence-corrected chi connectivity index (χ1v) is 7.96. The molecule has 0 aliphatic rings. The van der Waals surface area contributed by atoms with Gasteiger partial charge in [0.25, 0.3) is 0 Å². The number of rotatable bonds is 3. The van der Waals surface area contributed by atoms with E-state index < -0.39 is 0 Å². The molecule has 0 spiro atoms. The van der Waals surface area contributed by atoms with E-state index in [1.807, 2.05) is 31.2 Å². The van der Waals surface area contributed by atoms with Crippen LogP contribution in [0.4, 0.5) is 0 Å². The summed E-state index contributed by atoms with van der Waals surface area (Å²) in [5, 5.41) is 21.6. The lowest BCUT2D eigenvalue weighted by atomic mass is 10.1. The first kappa shape index (κ1) is 13.4. The maximum Gasteiger partial charge on any atom is 0.234 e. The lowest BCUT2D eigenvalue weighted by Gasteiger charge is -2.00. The van der Waals surface area contributed by atoms with Gasteiger partial charge in [-0.1, -0.05) is 42.0 Å². The Morgan fingerprint density at radius 3 is 2.82 bits per heavy atom. The van der Waals surface area contributed by atoms with Crippen LogP contribution in [0.15, 0.2) is 30.5 Å². The second-order valence-corrected chi connectivity index (χ2v) is 6.13. The molecule has 22 heavy (non-hydrogen) atoms. The Morgan fingerprint density at radius 2 is 2.05 bits per heavy atom. The van der Waals surface area contributed by atoms with Gasteiger partial charge in [-0.15, -0.1) is 10.2 Å². The fourth-order valence-electron chi connectivity index (χ4n) is 2.27. The SMILES string of the molecule is CCc1nnc2sc(-c3cn[nH]c3-c3ccc(Cl)cc3)nn12. The van der Waals surface area contributed by atoms with Crippen molar-refractivity contribution < 1.29 is 0 Å². The summed E-state index contributed by atoms with van der Waals surface area (Å²) in [6, 6.07) is 7.62. The van der Waals surface area contributed by atoms with E-state index >= 15 is 0 Å². The average molecular weight is 331 g/mol. The number of benzene rings is 1. The molecular formula is C14H11ClN6S. The fraction of sp³-hybridized carbons (Fsp3) is 0.143. The van der Waals surface area contributed by atoms with Gasteiger partial charge < -0.3 is 0 Å². The predicted octanol–water partition coefficient (Wildman–Crippen LogP) is 3.46. The molecule has 110 valence electrons. The minimum atomic E-state index is 0.705. The molecule has 4 aromatic rings. The van der Waals surface area contributed by atoms with E-state index in [9.17, 15) is 0 Å². The summed E-state index contributed by atoms with van der Waals surface area (Å²) in [7, 11) is 0. The van der Waals surface area contributed by atoms with E-state index in [1.165, 1.54) is 11.3 Å². The van der Waals surface area contributed by atoms with Crippen LogP contribution in [0.2, 0.25) is 5.02 Å². The Bertz CT molecular complexity index is 936. The summed E-state index contributed by atoms with van der Waals surface area (Å²) in [4.78, 5) is 0.787. The highest BCUT2D eigenvalue weighted by molar-refractivity contribution is 7.19. The molecule has 0 atom stereocenters. The monoisotopic (exact) mass is 330 g/mol. The maximum atomic E-state index is 5.95. The van der Waals surface area contributed by atoms with Crippen LogP contribution >= 0.6 is 22.9 Å². The van der Waals surface area contributed by atoms with Gasteiger partial charge in [0, 0.05) is 17.0 Å². The summed E-state index contributed by atoms with van der Waals surface area (Å²) >= 11 is 7.44. The van der Waals surface area contributed by atoms with Crippen molar-refractivity contribution >= 4 is 27.9 Å². The molecule has 0 saturated carbocycles. The van der Waals surface area contributed by atoms with E-state index in [4.69, 9.17) is 11.6 Å². The van der Waals surface area contributed by atoms with Crippen LogP contribution in [0, 0.1) is 0 Å². The zero-order valence-corrected chi connectivity index (χ0v) is 13.2. The molecule has 1 aromatic carbocycles. The number of aromatic amines is 1. The van der Waals surface area contributed by atoms with Crippen molar-refractivity contribution in [2.45, 2.75) is 13.3 Å². The second kappa shape index (κ2) is 5.19. The summed E-state index contributed by atoms with van der Waals surface area (Å²) in [6.45, 7) is 2.03. The molecule has 0 saturated heterocycles. The van der Waals surface area contributed by atoms with Gasteiger partial charge in [0.2, 0.25) is 4.96 Å². The van der Waals surface area contributed by atoms with Gasteiger partial charge in [0.15, 0.2) is 10.8 Å². The van der Waals surface area contributed by atoms with Crippen LogP contribution in [0.5, 0.6) is 0 Å². The van der Waals surface area contributed by atoms with Crippen LogP contribution < -0.4 is 0 Å². The topological polar surface area (TPSA) is 71.8 Å². The number of aromatic nitrogens is 6. The normalized spacial score (nSPS) is 11.4. The number of nitrogens with zero attached hydrogens (tertiary/aromatic N) is 5. The molecule has 1 N–H and O–H groups in total. The Morgan fingerprint density at radius 1 is 1.23 bits per heavy atom. The molecular weight excluding hydrogens is 320 g/mol. The van der Waals surface area contributed by atoms with Gasteiger partial charge >= 0.3 is 0 Å². The van der Waals surface area contributed by atoms with Gasteiger partial charge in [0.05, 0.1) is 17.5 Å². The molecule has 0 aliphatic carbocycles. The van der Waals surface area contributed by atoms with Gasteiger partial charge in [-0.05, 0) is 12.1 Å². The standard InChI is InChI=1S/C14H11ClN6S/c1-2-11-17-19-14-21(11)20-13(22-14)10-7-16-18-12(10)8-3-5-9(15)6-4-8/h3-7H,2H2,1H3,(H,16,18). The van der Waals surface area contributed by atoms with Gasteiger partial charge in [-0.2, -0.15) is 14.7 Å². The van der Waals surface area contributed by atoms with Crippen LogP contribution in [0.1, 0.15) is 12.7 Å². The van der Waals surface area contributed by atoms with Crippen LogP contribution in [-0.2, 0) is 6.42 Å². The third-order valence-corrected chi connectivity index (χ3v) is 4.56. The van der Waals surface area contributed by atoms with Crippen molar-refractivity contribution in [3.63, 3.8) is 0 Å². The van der Waals surface area contributed by atoms with E-state index in [-0.39, 0.29) is 0 Å². The Labute approximate surface area is 134 Å². The first-order valence-electron chi connectivity index (χ1n) is 6.77. The van der Waals surface area contributed by atoms with Gasteiger partial charge in [-0.3, -0.25) is 5.10 Å². The van der Waals surface area contributed by atoms with E-state index in [1.54, 1.807) is 10.7 Å². The third-order valence-electron chi connectivity index (χ3n) is 3.37. The highest BCUT2D eigenvalue weighted by Crippen LogP contribution is 2.33. The Balaban J connectivity index is 1.83. The average Bonchev–Trinajstić information content (AvgIpc) is 3.22. The minimum absolute atomic E-state index is 0.705. The largest absolute Gasteiger partial charge is 0.277 e. The van der Waals surface area contributed by atoms with Crippen molar-refractivity contribution in [3.8, 4) is 21.8 Å². The maximum absolute atomic E-state index is 5.95. The smallest absolute Gasteiger partial charge is 0.234 e. The predicted molar refractivity (Wildman–Crippen MR) is 86.1 cm³/mol. The number of nitrogens with one attached hydrogen (secondary N) is 1. The summed E-state index contributed by atoms with van der Waals surface area (Å²) < 4.78 is 1.79. The second-order valence-electron chi connectivity index (χ2n) is 4.74. The van der Waals surface area contributed by atoms with E-state index in [2.05, 4.69) is 25.5 Å². The molecule has 0 bridgehead atoms. The molecule has 0 unspecified atom stereocenters. The minimum Gasteiger partial charge on any atom is -0.277 e. The van der Waals surface area contributed by atoms with Crippen molar-refractivity contribution in [2.75, 3.05) is 0 Å². The molecule has 8 heteroatoms. The zero-order chi connectivity index (χ0) is 15.1. The Kier molecular flexibility index (Phi) is 3.16. The number of aryl methyl sites for hydroxylation is 1. The summed E-state index contributed by atoms with van der Waals surface area (Å²) in [6.07, 6.45) is 2.57. The van der Waals surface area contributed by atoms with Crippen molar-refractivity contribution in [1.29, 1.82) is 0 Å². The molecule has 3 aromatic heterocycles. The van der Waals surface area contributed by atoms with E-state index in [0.717, 1.165) is 39.0 Å². The third kappa shape index (κ3) is 2.10. The van der Waals surface area contributed by atoms with Crippen LogP contribution in [0.3, 0.4) is 0 Å². The van der Waals surface area contributed by atoms with Crippen LogP contribution in [0.25, 0.3) is 26.8 Å². The number of H-pyrrole nitrogens is 1. The van der Waals surface area contributed by atoms with Crippen molar-refractivity contribution in [2.24, 2.45) is 0 Å². The number of hydrogen-bond donors (Lipinski definition) is 1. The molecule has 0 aliphatic heterocycles. The summed E-state index contributed by atoms with van der Waals surface area (Å²) in [5.74, 6) is 0.856. The summed E-state index contributed by atoms with van der Waals surface area (Å²) in [5.41, 5.74) is 2.87. The van der Waals surface area contributed by atoms with Crippen molar-refractivity contribution in [3.05, 3.63) is 41.3 Å². The zero-order valence-electron chi connectivity index (χ0n) is 11.6. The highest BCUT2D eigenvalue weighted by Gasteiger charge is 2.16. The molecule has 0 radical (unpaired) electrons. The number of hydrogen-bond acceptors (Lipinski definition) is 5. The fourth-order valence-corrected chi connectivity index (χ4v) is 3.27. The lowest BCUT2D eigenvalue weighted by molar-refractivity contribution is 0.838. The first-order chi connectivity index (χ1) is 10.8. The van der Waals surface area contributed by atoms with E-state index in [0.29, 0.717) is 5.02 Å².